The number of hydrogen-bond donors (Lipinski definition) is 1. The van der Waals surface area contributed by atoms with Gasteiger partial charge in [0.2, 0.25) is 5.91 Å². The lowest BCUT2D eigenvalue weighted by atomic mass is 10.0. The maximum atomic E-state index is 12.4. The van der Waals surface area contributed by atoms with E-state index in [1.54, 1.807) is 24.3 Å². The summed E-state index contributed by atoms with van der Waals surface area (Å²) >= 11 is 0. The van der Waals surface area contributed by atoms with E-state index in [1.165, 1.54) is 4.90 Å². The molecule has 0 radical (unpaired) electrons. The molecule has 140 valence electrons. The second-order valence-electron chi connectivity index (χ2n) is 6.73. The summed E-state index contributed by atoms with van der Waals surface area (Å²) in [7, 11) is 0. The minimum absolute atomic E-state index is 0.0111. The summed E-state index contributed by atoms with van der Waals surface area (Å²) in [6.45, 7) is 2.34. The number of amides is 3. The summed E-state index contributed by atoms with van der Waals surface area (Å²) in [6.07, 6.45) is 2.56. The van der Waals surface area contributed by atoms with Crippen LogP contribution >= 0.6 is 0 Å². The van der Waals surface area contributed by atoms with Gasteiger partial charge in [-0.2, -0.15) is 0 Å². The second-order valence-corrected chi connectivity index (χ2v) is 6.73. The fraction of sp³-hybridized carbons (Fsp3) is 0.318. The minimum Gasteiger partial charge on any atom is -0.349 e. The zero-order valence-electron chi connectivity index (χ0n) is 15.5. The number of carbonyl (C=O) groups is 3. The molecule has 0 aromatic heterocycles. The molecular weight excluding hydrogens is 340 g/mol. The molecular formula is C22H24N2O3. The molecule has 0 unspecified atom stereocenters. The molecule has 0 spiro atoms. The van der Waals surface area contributed by atoms with Crippen molar-refractivity contribution in [3.63, 3.8) is 0 Å². The van der Waals surface area contributed by atoms with Crippen molar-refractivity contribution in [1.29, 1.82) is 0 Å². The van der Waals surface area contributed by atoms with Crippen molar-refractivity contribution in [1.82, 2.24) is 10.2 Å². The average Bonchev–Trinajstić information content (AvgIpc) is 2.93. The third kappa shape index (κ3) is 4.25. The normalized spacial score (nSPS) is 14.2. The van der Waals surface area contributed by atoms with Crippen LogP contribution in [0.1, 0.15) is 64.9 Å². The monoisotopic (exact) mass is 364 g/mol. The molecule has 5 heteroatoms. The Labute approximate surface area is 159 Å². The molecule has 27 heavy (non-hydrogen) atoms. The maximum absolute atomic E-state index is 12.4. The average molecular weight is 364 g/mol. The fourth-order valence-corrected chi connectivity index (χ4v) is 3.40. The Hall–Kier alpha value is -2.95. The molecule has 2 aromatic rings. The Morgan fingerprint density at radius 2 is 1.56 bits per heavy atom. The first-order chi connectivity index (χ1) is 13.1. The molecule has 0 saturated heterocycles. The smallest absolute Gasteiger partial charge is 0.261 e. The molecule has 0 saturated carbocycles. The first-order valence-electron chi connectivity index (χ1n) is 9.41. The van der Waals surface area contributed by atoms with Crippen LogP contribution < -0.4 is 5.32 Å². The Bertz CT molecular complexity index is 797. The molecule has 1 atom stereocenters. The molecule has 5 nitrogen and oxygen atoms in total. The van der Waals surface area contributed by atoms with Crippen LogP contribution in [-0.2, 0) is 4.79 Å². The van der Waals surface area contributed by atoms with Crippen molar-refractivity contribution in [3.8, 4) is 0 Å². The van der Waals surface area contributed by atoms with Gasteiger partial charge in [-0.1, -0.05) is 55.8 Å². The second kappa shape index (κ2) is 8.62. The van der Waals surface area contributed by atoms with Crippen molar-refractivity contribution in [2.75, 3.05) is 6.54 Å². The van der Waals surface area contributed by atoms with E-state index in [0.717, 1.165) is 18.4 Å². The zero-order valence-corrected chi connectivity index (χ0v) is 15.5. The predicted octanol–water partition coefficient (Wildman–Crippen LogP) is 3.72. The zero-order chi connectivity index (χ0) is 19.2. The van der Waals surface area contributed by atoms with E-state index in [9.17, 15) is 14.4 Å². The van der Waals surface area contributed by atoms with E-state index in [4.69, 9.17) is 0 Å². The standard InChI is InChI=1S/C22H24N2O3/c1-2-9-19(16-10-4-3-5-11-16)23-20(25)14-8-15-24-21(26)17-12-6-7-13-18(17)22(24)27/h3-7,10-13,19H,2,8-9,14-15H2,1H3,(H,23,25)/t19-/m0/s1. The summed E-state index contributed by atoms with van der Waals surface area (Å²) in [6, 6.07) is 16.7. The Morgan fingerprint density at radius 1 is 0.963 bits per heavy atom. The molecule has 1 N–H and O–H groups in total. The topological polar surface area (TPSA) is 66.5 Å². The number of rotatable bonds is 8. The van der Waals surface area contributed by atoms with E-state index in [2.05, 4.69) is 12.2 Å². The highest BCUT2D eigenvalue weighted by Crippen LogP contribution is 2.23. The molecule has 1 aliphatic heterocycles. The van der Waals surface area contributed by atoms with Crippen LogP contribution in [0.5, 0.6) is 0 Å². The van der Waals surface area contributed by atoms with Crippen LogP contribution in [0.4, 0.5) is 0 Å². The highest BCUT2D eigenvalue weighted by atomic mass is 16.2. The fourth-order valence-electron chi connectivity index (χ4n) is 3.40. The molecule has 0 aliphatic carbocycles. The summed E-state index contributed by atoms with van der Waals surface area (Å²) in [5, 5.41) is 3.07. The van der Waals surface area contributed by atoms with E-state index in [-0.39, 0.29) is 36.7 Å². The number of nitrogens with one attached hydrogen (secondary N) is 1. The number of nitrogens with zero attached hydrogens (tertiary/aromatic N) is 1. The van der Waals surface area contributed by atoms with Gasteiger partial charge in [0.1, 0.15) is 0 Å². The van der Waals surface area contributed by atoms with E-state index < -0.39 is 0 Å². The van der Waals surface area contributed by atoms with Crippen molar-refractivity contribution >= 4 is 17.7 Å². The predicted molar refractivity (Wildman–Crippen MR) is 103 cm³/mol. The molecule has 0 bridgehead atoms. The lowest BCUT2D eigenvalue weighted by Gasteiger charge is -2.19. The van der Waals surface area contributed by atoms with Gasteiger partial charge in [-0.15, -0.1) is 0 Å². The van der Waals surface area contributed by atoms with Crippen LogP contribution in [0.25, 0.3) is 0 Å². The highest BCUT2D eigenvalue weighted by molar-refractivity contribution is 6.21. The Kier molecular flexibility index (Phi) is 6.01. The maximum Gasteiger partial charge on any atom is 0.261 e. The molecule has 3 rings (SSSR count). The summed E-state index contributed by atoms with van der Waals surface area (Å²) in [4.78, 5) is 38.3. The summed E-state index contributed by atoms with van der Waals surface area (Å²) in [5.41, 5.74) is 1.98. The van der Waals surface area contributed by atoms with Gasteiger partial charge in [-0.05, 0) is 30.5 Å². The van der Waals surface area contributed by atoms with Crippen LogP contribution in [-0.4, -0.2) is 29.2 Å². The van der Waals surface area contributed by atoms with Gasteiger partial charge in [-0.25, -0.2) is 0 Å². The first kappa shape index (κ1) is 18.8. The largest absolute Gasteiger partial charge is 0.349 e. The number of imide groups is 1. The molecule has 1 aliphatic rings. The molecule has 2 aromatic carbocycles. The summed E-state index contributed by atoms with van der Waals surface area (Å²) < 4.78 is 0. The van der Waals surface area contributed by atoms with Crippen LogP contribution in [0.2, 0.25) is 0 Å². The van der Waals surface area contributed by atoms with Gasteiger partial charge < -0.3 is 5.32 Å². The van der Waals surface area contributed by atoms with Crippen molar-refractivity contribution in [2.24, 2.45) is 0 Å². The number of carbonyl (C=O) groups excluding carboxylic acids is 3. The highest BCUT2D eigenvalue weighted by Gasteiger charge is 2.34. The van der Waals surface area contributed by atoms with Gasteiger partial charge in [0.25, 0.3) is 11.8 Å². The Morgan fingerprint density at radius 3 is 2.15 bits per heavy atom. The number of hydrogen-bond acceptors (Lipinski definition) is 3. The van der Waals surface area contributed by atoms with Crippen LogP contribution in [0.15, 0.2) is 54.6 Å². The quantitative estimate of drug-likeness (QED) is 0.726. The first-order valence-corrected chi connectivity index (χ1v) is 9.41. The van der Waals surface area contributed by atoms with E-state index in [0.29, 0.717) is 17.5 Å². The number of benzene rings is 2. The third-order valence-corrected chi connectivity index (χ3v) is 4.78. The summed E-state index contributed by atoms with van der Waals surface area (Å²) in [5.74, 6) is -0.609. The van der Waals surface area contributed by atoms with Gasteiger partial charge in [0.15, 0.2) is 0 Å². The SMILES string of the molecule is CCC[C@H](NC(=O)CCCN1C(=O)c2ccccc2C1=O)c1ccccc1. The van der Waals surface area contributed by atoms with Crippen LogP contribution in [0.3, 0.4) is 0 Å². The minimum atomic E-state index is -0.274. The molecule has 1 heterocycles. The van der Waals surface area contributed by atoms with Crippen molar-refractivity contribution in [2.45, 2.75) is 38.6 Å². The van der Waals surface area contributed by atoms with Gasteiger partial charge >= 0.3 is 0 Å². The van der Waals surface area contributed by atoms with Crippen LogP contribution in [0, 0.1) is 0 Å². The van der Waals surface area contributed by atoms with Crippen molar-refractivity contribution in [3.05, 3.63) is 71.3 Å². The third-order valence-electron chi connectivity index (χ3n) is 4.78. The Balaban J connectivity index is 1.52. The number of fused-ring (bicyclic) bond motifs is 1. The lowest BCUT2D eigenvalue weighted by molar-refractivity contribution is -0.122. The molecule has 0 fully saturated rings. The van der Waals surface area contributed by atoms with E-state index in [1.807, 2.05) is 30.3 Å². The van der Waals surface area contributed by atoms with E-state index >= 15 is 0 Å². The lowest BCUT2D eigenvalue weighted by Crippen LogP contribution is -2.33. The van der Waals surface area contributed by atoms with Gasteiger partial charge in [0, 0.05) is 13.0 Å². The van der Waals surface area contributed by atoms with Crippen molar-refractivity contribution < 1.29 is 14.4 Å². The van der Waals surface area contributed by atoms with Gasteiger partial charge in [-0.3, -0.25) is 19.3 Å². The van der Waals surface area contributed by atoms with Gasteiger partial charge in [0.05, 0.1) is 17.2 Å². The molecule has 3 amide bonds.